The first-order valence-corrected chi connectivity index (χ1v) is 18.8. The second-order valence-electron chi connectivity index (χ2n) is 11.6. The van der Waals surface area contributed by atoms with Gasteiger partial charge in [-0.25, -0.2) is 9.59 Å². The smallest absolute Gasteiger partial charge is 0.346 e. The number of allylic oxidation sites excluding steroid dienone is 1. The maximum atomic E-state index is 14.1. The van der Waals surface area contributed by atoms with E-state index >= 15 is 0 Å². The topological polar surface area (TPSA) is 52.6 Å². The SMILES string of the molecule is CCCCCCOC(=O)C(C(=O)OCCCCCC)=C(C[P+](c1ccccc1)(c1ccccc1)c1ccccc1)c1ccccc1. The Morgan fingerprint density at radius 3 is 1.24 bits per heavy atom. The molecule has 5 heteroatoms. The normalized spacial score (nSPS) is 11.1. The molecule has 0 heterocycles. The minimum Gasteiger partial charge on any atom is -0.462 e. The number of benzene rings is 4. The van der Waals surface area contributed by atoms with Crippen LogP contribution in [0.15, 0.2) is 127 Å². The van der Waals surface area contributed by atoms with E-state index in [9.17, 15) is 9.59 Å². The lowest BCUT2D eigenvalue weighted by Gasteiger charge is -2.29. The third kappa shape index (κ3) is 9.27. The van der Waals surface area contributed by atoms with Crippen LogP contribution in [0.25, 0.3) is 5.57 Å². The van der Waals surface area contributed by atoms with Gasteiger partial charge >= 0.3 is 11.9 Å². The molecule has 0 fully saturated rings. The van der Waals surface area contributed by atoms with Gasteiger partial charge in [-0.2, -0.15) is 0 Å². The Balaban J connectivity index is 1.93. The molecule has 0 aliphatic carbocycles. The molecule has 4 rings (SSSR count). The zero-order valence-electron chi connectivity index (χ0n) is 27.4. The van der Waals surface area contributed by atoms with Crippen molar-refractivity contribution in [1.82, 2.24) is 0 Å². The van der Waals surface area contributed by atoms with Crippen molar-refractivity contribution < 1.29 is 19.1 Å². The molecule has 0 saturated carbocycles. The summed E-state index contributed by atoms with van der Waals surface area (Å²) >= 11 is 0. The van der Waals surface area contributed by atoms with Gasteiger partial charge in [0.15, 0.2) is 5.57 Å². The first kappa shape index (κ1) is 34.9. The minimum absolute atomic E-state index is 0.00403. The van der Waals surface area contributed by atoms with Crippen molar-refractivity contribution in [3.05, 3.63) is 132 Å². The van der Waals surface area contributed by atoms with E-state index in [0.717, 1.165) is 56.9 Å². The second-order valence-corrected chi connectivity index (χ2v) is 15.1. The summed E-state index contributed by atoms with van der Waals surface area (Å²) in [6, 6.07) is 41.3. The molecule has 240 valence electrons. The summed E-state index contributed by atoms with van der Waals surface area (Å²) in [6.45, 7) is 4.84. The lowest BCUT2D eigenvalue weighted by molar-refractivity contribution is -0.147. The van der Waals surface area contributed by atoms with Crippen molar-refractivity contribution >= 4 is 40.7 Å². The van der Waals surface area contributed by atoms with Gasteiger partial charge in [0.25, 0.3) is 0 Å². The van der Waals surface area contributed by atoms with Crippen molar-refractivity contribution in [2.45, 2.75) is 65.2 Å². The number of unbranched alkanes of at least 4 members (excludes halogenated alkanes) is 6. The largest absolute Gasteiger partial charge is 0.462 e. The van der Waals surface area contributed by atoms with E-state index in [2.05, 4.69) is 86.6 Å². The van der Waals surface area contributed by atoms with Gasteiger partial charge in [-0.3, -0.25) is 0 Å². The minimum atomic E-state index is -2.46. The van der Waals surface area contributed by atoms with Crippen LogP contribution in [0.5, 0.6) is 0 Å². The Bertz CT molecular complexity index is 1380. The summed E-state index contributed by atoms with van der Waals surface area (Å²) in [5.74, 6) is -1.22. The zero-order chi connectivity index (χ0) is 32.5. The quantitative estimate of drug-likeness (QED) is 0.0274. The number of carbonyl (C=O) groups excluding carboxylic acids is 2. The van der Waals surface area contributed by atoms with Gasteiger partial charge in [0.05, 0.1) is 13.2 Å². The molecule has 0 radical (unpaired) electrons. The number of hydrogen-bond donors (Lipinski definition) is 0. The van der Waals surface area contributed by atoms with Gasteiger partial charge in [-0.15, -0.1) is 0 Å². The molecule has 0 aliphatic heterocycles. The van der Waals surface area contributed by atoms with Crippen molar-refractivity contribution in [1.29, 1.82) is 0 Å². The van der Waals surface area contributed by atoms with Crippen molar-refractivity contribution in [3.8, 4) is 0 Å². The third-order valence-corrected chi connectivity index (χ3v) is 12.6. The fourth-order valence-electron chi connectivity index (χ4n) is 5.82. The van der Waals surface area contributed by atoms with E-state index in [0.29, 0.717) is 11.7 Å². The first-order valence-electron chi connectivity index (χ1n) is 16.8. The number of ether oxygens (including phenoxy) is 2. The van der Waals surface area contributed by atoms with Gasteiger partial charge in [-0.05, 0) is 54.8 Å². The van der Waals surface area contributed by atoms with Crippen LogP contribution in [0, 0.1) is 0 Å². The number of carbonyl (C=O) groups is 2. The number of hydrogen-bond acceptors (Lipinski definition) is 4. The van der Waals surface area contributed by atoms with E-state index in [-0.39, 0.29) is 18.8 Å². The Hall–Kier alpha value is -4.01. The Morgan fingerprint density at radius 2 is 0.870 bits per heavy atom. The standard InChI is InChI=1S/C41H48O4P/c1-3-5-7-21-31-44-40(42)39(41(43)45-32-22-8-6-4-2)38(34-23-13-9-14-24-34)33-46(35-25-15-10-16-26-35,36-27-17-11-18-28-36)37-29-19-12-20-30-37/h9-20,23-30H,3-8,21-22,31-33H2,1-2H3/q+1. The van der Waals surface area contributed by atoms with Crippen LogP contribution in [0.4, 0.5) is 0 Å². The summed E-state index contributed by atoms with van der Waals surface area (Å²) in [4.78, 5) is 28.2. The average molecular weight is 636 g/mol. The molecule has 0 spiro atoms. The average Bonchev–Trinajstić information content (AvgIpc) is 3.11. The van der Waals surface area contributed by atoms with Crippen LogP contribution in [-0.4, -0.2) is 31.3 Å². The second kappa shape index (κ2) is 18.8. The Labute approximate surface area is 276 Å². The highest BCUT2D eigenvalue weighted by atomic mass is 31.2. The molecule has 0 aromatic heterocycles. The Kier molecular flexibility index (Phi) is 14.3. The molecule has 0 saturated heterocycles. The van der Waals surface area contributed by atoms with Crippen molar-refractivity contribution in [3.63, 3.8) is 0 Å². The van der Waals surface area contributed by atoms with Crippen molar-refractivity contribution in [2.24, 2.45) is 0 Å². The molecule has 0 amide bonds. The van der Waals surface area contributed by atoms with Crippen LogP contribution in [0.1, 0.15) is 70.8 Å². The van der Waals surface area contributed by atoms with Crippen LogP contribution in [0.3, 0.4) is 0 Å². The van der Waals surface area contributed by atoms with Crippen LogP contribution in [0.2, 0.25) is 0 Å². The molecule has 46 heavy (non-hydrogen) atoms. The lowest BCUT2D eigenvalue weighted by Crippen LogP contribution is -2.34. The third-order valence-electron chi connectivity index (χ3n) is 8.28. The Morgan fingerprint density at radius 1 is 0.500 bits per heavy atom. The predicted molar refractivity (Wildman–Crippen MR) is 194 cm³/mol. The van der Waals surface area contributed by atoms with E-state index in [1.807, 2.05) is 48.5 Å². The summed E-state index contributed by atoms with van der Waals surface area (Å²) in [5.41, 5.74) is 1.47. The molecule has 4 aromatic rings. The molecular formula is C41H48O4P+. The van der Waals surface area contributed by atoms with Crippen molar-refractivity contribution in [2.75, 3.05) is 19.4 Å². The molecule has 0 N–H and O–H groups in total. The highest BCUT2D eigenvalue weighted by Gasteiger charge is 2.47. The number of rotatable bonds is 18. The summed E-state index contributed by atoms with van der Waals surface area (Å²) in [6.07, 6.45) is 8.24. The molecule has 4 nitrogen and oxygen atoms in total. The van der Waals surface area contributed by atoms with Gasteiger partial charge < -0.3 is 9.47 Å². The fourth-order valence-corrected chi connectivity index (χ4v) is 10.1. The summed E-state index contributed by atoms with van der Waals surface area (Å²) in [7, 11) is -2.46. The molecule has 0 atom stereocenters. The zero-order valence-corrected chi connectivity index (χ0v) is 28.3. The van der Waals surface area contributed by atoms with Crippen LogP contribution in [-0.2, 0) is 19.1 Å². The lowest BCUT2D eigenvalue weighted by atomic mass is 10.0. The van der Waals surface area contributed by atoms with Gasteiger partial charge in [0.2, 0.25) is 0 Å². The molecular weight excluding hydrogens is 587 g/mol. The van der Waals surface area contributed by atoms with Gasteiger partial charge in [0.1, 0.15) is 29.3 Å². The fraction of sp³-hybridized carbons (Fsp3) is 0.317. The maximum absolute atomic E-state index is 14.1. The van der Waals surface area contributed by atoms with E-state index in [1.54, 1.807) is 0 Å². The van der Waals surface area contributed by atoms with Crippen LogP contribution < -0.4 is 15.9 Å². The molecule has 0 unspecified atom stereocenters. The maximum Gasteiger partial charge on any atom is 0.346 e. The number of esters is 2. The predicted octanol–water partition coefficient (Wildman–Crippen LogP) is 8.68. The van der Waals surface area contributed by atoms with E-state index in [4.69, 9.17) is 9.47 Å². The summed E-state index contributed by atoms with van der Waals surface area (Å²) in [5, 5.41) is 3.50. The van der Waals surface area contributed by atoms with E-state index in [1.165, 1.54) is 15.9 Å². The highest BCUT2D eigenvalue weighted by Crippen LogP contribution is 2.58. The molecule has 4 aromatic carbocycles. The highest BCUT2D eigenvalue weighted by molar-refractivity contribution is 7.96. The first-order chi connectivity index (χ1) is 22.6. The molecule has 0 aliphatic rings. The monoisotopic (exact) mass is 635 g/mol. The molecule has 0 bridgehead atoms. The van der Waals surface area contributed by atoms with E-state index < -0.39 is 19.2 Å². The van der Waals surface area contributed by atoms with Crippen LogP contribution >= 0.6 is 7.26 Å². The van der Waals surface area contributed by atoms with Gasteiger partial charge in [-0.1, -0.05) is 137 Å². The van der Waals surface area contributed by atoms with Gasteiger partial charge in [0, 0.05) is 5.57 Å². The summed E-state index contributed by atoms with van der Waals surface area (Å²) < 4.78 is 11.7.